The summed E-state index contributed by atoms with van der Waals surface area (Å²) in [5, 5.41) is 20.4. The molecule has 0 bridgehead atoms. The van der Waals surface area contributed by atoms with Gasteiger partial charge in [-0.3, -0.25) is 14.7 Å². The number of para-hydroxylation sites is 2. The lowest BCUT2D eigenvalue weighted by molar-refractivity contribution is -0.384. The van der Waals surface area contributed by atoms with Crippen LogP contribution in [-0.4, -0.2) is 26.8 Å². The van der Waals surface area contributed by atoms with Gasteiger partial charge in [0.15, 0.2) is 11.0 Å². The van der Waals surface area contributed by atoms with E-state index >= 15 is 0 Å². The highest BCUT2D eigenvalue weighted by atomic mass is 32.2. The Bertz CT molecular complexity index is 1160. The molecule has 0 aliphatic carbocycles. The number of nitro benzene ring substituents is 1. The molecule has 3 aromatic carbocycles. The van der Waals surface area contributed by atoms with Crippen molar-refractivity contribution in [2.75, 3.05) is 7.11 Å². The average molecular weight is 418 g/mol. The van der Waals surface area contributed by atoms with E-state index in [0.29, 0.717) is 17.3 Å². The zero-order chi connectivity index (χ0) is 20.9. The Hall–Kier alpha value is -3.65. The van der Waals surface area contributed by atoms with Gasteiger partial charge in [0.1, 0.15) is 5.75 Å². The van der Waals surface area contributed by atoms with Crippen molar-refractivity contribution in [3.8, 4) is 22.8 Å². The summed E-state index contributed by atoms with van der Waals surface area (Å²) >= 11 is 1.52. The quantitative estimate of drug-likeness (QED) is 0.235. The van der Waals surface area contributed by atoms with Crippen LogP contribution in [-0.2, 0) is 5.75 Å². The summed E-state index contributed by atoms with van der Waals surface area (Å²) in [7, 11) is 1.63. The fourth-order valence-electron chi connectivity index (χ4n) is 3.04. The minimum absolute atomic E-state index is 0.0784. The van der Waals surface area contributed by atoms with Crippen LogP contribution in [0.2, 0.25) is 0 Å². The first-order chi connectivity index (χ1) is 14.7. The molecular formula is C22H18N4O3S. The van der Waals surface area contributed by atoms with Gasteiger partial charge < -0.3 is 4.74 Å². The average Bonchev–Trinajstić information content (AvgIpc) is 3.22. The molecule has 0 fully saturated rings. The lowest BCUT2D eigenvalue weighted by Gasteiger charge is -2.12. The molecule has 4 rings (SSSR count). The Balaban J connectivity index is 1.70. The number of nitrogens with zero attached hydrogens (tertiary/aromatic N) is 4. The van der Waals surface area contributed by atoms with Gasteiger partial charge in [0.25, 0.3) is 5.69 Å². The third kappa shape index (κ3) is 4.04. The Morgan fingerprint density at radius 2 is 1.67 bits per heavy atom. The fraction of sp³-hybridized carbons (Fsp3) is 0.0909. The van der Waals surface area contributed by atoms with Crippen molar-refractivity contribution in [2.24, 2.45) is 0 Å². The summed E-state index contributed by atoms with van der Waals surface area (Å²) in [5.41, 5.74) is 2.83. The van der Waals surface area contributed by atoms with Crippen molar-refractivity contribution in [1.29, 1.82) is 0 Å². The molecule has 0 amide bonds. The topological polar surface area (TPSA) is 83.1 Å². The highest BCUT2D eigenvalue weighted by Crippen LogP contribution is 2.34. The van der Waals surface area contributed by atoms with Crippen molar-refractivity contribution in [2.45, 2.75) is 10.9 Å². The smallest absolute Gasteiger partial charge is 0.269 e. The first-order valence-electron chi connectivity index (χ1n) is 9.17. The Labute approximate surface area is 177 Å². The van der Waals surface area contributed by atoms with Crippen LogP contribution in [0.25, 0.3) is 17.1 Å². The predicted octanol–water partition coefficient (Wildman–Crippen LogP) is 5.14. The minimum atomic E-state index is -0.400. The number of non-ortho nitro benzene ring substituents is 1. The molecule has 1 aromatic heterocycles. The fourth-order valence-corrected chi connectivity index (χ4v) is 3.95. The van der Waals surface area contributed by atoms with Crippen LogP contribution in [0.1, 0.15) is 5.56 Å². The number of benzene rings is 3. The molecule has 7 nitrogen and oxygen atoms in total. The largest absolute Gasteiger partial charge is 0.496 e. The second kappa shape index (κ2) is 8.79. The molecule has 0 radical (unpaired) electrons. The van der Waals surface area contributed by atoms with Gasteiger partial charge in [-0.25, -0.2) is 0 Å². The Morgan fingerprint density at radius 1 is 0.967 bits per heavy atom. The van der Waals surface area contributed by atoms with Gasteiger partial charge in [-0.1, -0.05) is 54.2 Å². The van der Waals surface area contributed by atoms with E-state index in [1.165, 1.54) is 23.9 Å². The molecule has 0 spiro atoms. The predicted molar refractivity (Wildman–Crippen MR) is 116 cm³/mol. The number of hydrogen-bond donors (Lipinski definition) is 0. The molecule has 1 heterocycles. The molecular weight excluding hydrogens is 400 g/mol. The van der Waals surface area contributed by atoms with E-state index in [1.807, 2.05) is 59.2 Å². The minimum Gasteiger partial charge on any atom is -0.496 e. The number of rotatable bonds is 7. The Kier molecular flexibility index (Phi) is 5.76. The summed E-state index contributed by atoms with van der Waals surface area (Å²) in [5.74, 6) is 2.01. The van der Waals surface area contributed by atoms with Gasteiger partial charge in [-0.05, 0) is 29.8 Å². The van der Waals surface area contributed by atoms with E-state index in [9.17, 15) is 10.1 Å². The van der Waals surface area contributed by atoms with E-state index < -0.39 is 4.92 Å². The zero-order valence-corrected chi connectivity index (χ0v) is 17.0. The number of nitro groups is 1. The molecule has 0 atom stereocenters. The van der Waals surface area contributed by atoms with Crippen LogP contribution in [0.4, 0.5) is 5.69 Å². The monoisotopic (exact) mass is 418 g/mol. The molecule has 0 saturated carbocycles. The maximum Gasteiger partial charge on any atom is 0.269 e. The lowest BCUT2D eigenvalue weighted by Crippen LogP contribution is -2.00. The van der Waals surface area contributed by atoms with Crippen LogP contribution in [0.3, 0.4) is 0 Å². The third-order valence-corrected chi connectivity index (χ3v) is 5.51. The first kappa shape index (κ1) is 19.7. The number of aromatic nitrogens is 3. The van der Waals surface area contributed by atoms with Gasteiger partial charge in [-0.2, -0.15) is 0 Å². The summed E-state index contributed by atoms with van der Waals surface area (Å²) in [4.78, 5) is 10.5. The summed E-state index contributed by atoms with van der Waals surface area (Å²) in [6, 6.07) is 24.1. The summed E-state index contributed by atoms with van der Waals surface area (Å²) in [6.45, 7) is 0. The van der Waals surface area contributed by atoms with Gasteiger partial charge in [0.2, 0.25) is 0 Å². The highest BCUT2D eigenvalue weighted by molar-refractivity contribution is 7.98. The van der Waals surface area contributed by atoms with E-state index in [-0.39, 0.29) is 5.69 Å². The zero-order valence-electron chi connectivity index (χ0n) is 16.1. The highest BCUT2D eigenvalue weighted by Gasteiger charge is 2.19. The van der Waals surface area contributed by atoms with E-state index in [0.717, 1.165) is 22.0 Å². The van der Waals surface area contributed by atoms with Crippen LogP contribution in [0, 0.1) is 10.1 Å². The van der Waals surface area contributed by atoms with Crippen molar-refractivity contribution in [1.82, 2.24) is 14.8 Å². The second-order valence-electron chi connectivity index (χ2n) is 6.39. The molecule has 4 aromatic rings. The maximum absolute atomic E-state index is 10.9. The molecule has 0 unspecified atom stereocenters. The van der Waals surface area contributed by atoms with Crippen LogP contribution in [0.5, 0.6) is 5.75 Å². The maximum atomic E-state index is 10.9. The summed E-state index contributed by atoms with van der Waals surface area (Å²) in [6.07, 6.45) is 0. The van der Waals surface area contributed by atoms with Crippen LogP contribution >= 0.6 is 11.8 Å². The summed E-state index contributed by atoms with van der Waals surface area (Å²) < 4.78 is 7.51. The molecule has 0 N–H and O–H groups in total. The number of thioether (sulfide) groups is 1. The molecule has 0 aliphatic rings. The number of methoxy groups -OCH3 is 1. The van der Waals surface area contributed by atoms with E-state index in [1.54, 1.807) is 19.2 Å². The van der Waals surface area contributed by atoms with Gasteiger partial charge in [0, 0.05) is 23.6 Å². The van der Waals surface area contributed by atoms with Gasteiger partial charge in [-0.15, -0.1) is 10.2 Å². The first-order valence-corrected chi connectivity index (χ1v) is 10.2. The van der Waals surface area contributed by atoms with Crippen LogP contribution in [0.15, 0.2) is 84.0 Å². The molecule has 150 valence electrons. The second-order valence-corrected chi connectivity index (χ2v) is 7.33. The lowest BCUT2D eigenvalue weighted by atomic mass is 10.2. The molecule has 30 heavy (non-hydrogen) atoms. The SMILES string of the molecule is COc1ccccc1-c1nnc(SCc2ccc([N+](=O)[O-])cc2)n1-c1ccccc1. The van der Waals surface area contributed by atoms with Crippen molar-refractivity contribution < 1.29 is 9.66 Å². The van der Waals surface area contributed by atoms with E-state index in [2.05, 4.69) is 10.2 Å². The third-order valence-electron chi connectivity index (χ3n) is 4.51. The Morgan fingerprint density at radius 3 is 2.37 bits per heavy atom. The molecule has 0 saturated heterocycles. The number of hydrogen-bond acceptors (Lipinski definition) is 6. The normalized spacial score (nSPS) is 10.7. The molecule has 0 aliphatic heterocycles. The van der Waals surface area contributed by atoms with Crippen molar-refractivity contribution >= 4 is 17.4 Å². The van der Waals surface area contributed by atoms with Crippen molar-refractivity contribution in [3.05, 3.63) is 94.5 Å². The standard InChI is InChI=1S/C22H18N4O3S/c1-29-20-10-6-5-9-19(20)21-23-24-22(25(21)17-7-3-2-4-8-17)30-15-16-11-13-18(14-12-16)26(27)28/h2-14H,15H2,1H3. The van der Waals surface area contributed by atoms with Gasteiger partial charge >= 0.3 is 0 Å². The molecule has 8 heteroatoms. The number of ether oxygens (including phenoxy) is 1. The van der Waals surface area contributed by atoms with Crippen LogP contribution < -0.4 is 4.74 Å². The van der Waals surface area contributed by atoms with E-state index in [4.69, 9.17) is 4.74 Å². The van der Waals surface area contributed by atoms with Crippen molar-refractivity contribution in [3.63, 3.8) is 0 Å². The van der Waals surface area contributed by atoms with Gasteiger partial charge in [0.05, 0.1) is 17.6 Å².